The minimum atomic E-state index is 0.308. The van der Waals surface area contributed by atoms with Gasteiger partial charge in [-0.1, -0.05) is 72.8 Å². The van der Waals surface area contributed by atoms with Crippen LogP contribution >= 0.6 is 0 Å². The van der Waals surface area contributed by atoms with Crippen LogP contribution in [0, 0.1) is 6.92 Å². The van der Waals surface area contributed by atoms with Crippen molar-refractivity contribution < 1.29 is 0 Å². The molecule has 190 valence electrons. The number of aliphatic imine (C=N–C) groups is 1. The highest BCUT2D eigenvalue weighted by Crippen LogP contribution is 2.43. The van der Waals surface area contributed by atoms with Gasteiger partial charge < -0.3 is 10.2 Å². The van der Waals surface area contributed by atoms with Crippen LogP contribution in [0.4, 0.5) is 22.7 Å². The molecular formula is C35H35N3. The zero-order valence-electron chi connectivity index (χ0n) is 22.1. The Morgan fingerprint density at radius 2 is 1.63 bits per heavy atom. The molecule has 0 radical (unpaired) electrons. The van der Waals surface area contributed by atoms with E-state index in [0.717, 1.165) is 12.1 Å². The number of hydrogen-bond donors (Lipinski definition) is 1. The molecule has 0 spiro atoms. The fourth-order valence-electron chi connectivity index (χ4n) is 5.91. The number of anilines is 4. The lowest BCUT2D eigenvalue weighted by Crippen LogP contribution is -2.12. The van der Waals surface area contributed by atoms with Crippen LogP contribution in [0.3, 0.4) is 0 Å². The SMILES string of the molecule is C=NCc1ccc(N(c2ccc(C3C=CCCC3)cc2)c2cc3c(cc2C)CC(c2ccccc2)N3)cc1. The maximum Gasteiger partial charge on any atom is 0.0632 e. The minimum Gasteiger partial charge on any atom is -0.378 e. The predicted octanol–water partition coefficient (Wildman–Crippen LogP) is 9.20. The van der Waals surface area contributed by atoms with Gasteiger partial charge >= 0.3 is 0 Å². The van der Waals surface area contributed by atoms with Crippen LogP contribution in [0.25, 0.3) is 0 Å². The number of benzene rings is 4. The van der Waals surface area contributed by atoms with E-state index in [2.05, 4.69) is 132 Å². The normalized spacial score (nSPS) is 18.0. The summed E-state index contributed by atoms with van der Waals surface area (Å²) in [4.78, 5) is 6.45. The van der Waals surface area contributed by atoms with Gasteiger partial charge in [-0.2, -0.15) is 0 Å². The summed E-state index contributed by atoms with van der Waals surface area (Å²) in [7, 11) is 0. The van der Waals surface area contributed by atoms with Crippen LogP contribution in [-0.4, -0.2) is 6.72 Å². The smallest absolute Gasteiger partial charge is 0.0632 e. The summed E-state index contributed by atoms with van der Waals surface area (Å²) in [6.07, 6.45) is 9.42. The maximum absolute atomic E-state index is 4.06. The lowest BCUT2D eigenvalue weighted by atomic mass is 9.89. The Morgan fingerprint density at radius 1 is 0.895 bits per heavy atom. The molecule has 0 saturated heterocycles. The van der Waals surface area contributed by atoms with E-state index in [0.29, 0.717) is 18.5 Å². The van der Waals surface area contributed by atoms with Gasteiger partial charge in [0.25, 0.3) is 0 Å². The summed E-state index contributed by atoms with van der Waals surface area (Å²) < 4.78 is 0. The van der Waals surface area contributed by atoms with Crippen LogP contribution in [0.5, 0.6) is 0 Å². The van der Waals surface area contributed by atoms with Crippen LogP contribution in [0.15, 0.2) is 108 Å². The topological polar surface area (TPSA) is 27.6 Å². The van der Waals surface area contributed by atoms with Crippen molar-refractivity contribution in [3.05, 3.63) is 131 Å². The van der Waals surface area contributed by atoms with E-state index in [-0.39, 0.29) is 0 Å². The molecule has 0 fully saturated rings. The van der Waals surface area contributed by atoms with E-state index in [9.17, 15) is 0 Å². The Hall–Kier alpha value is -4.11. The molecule has 1 heterocycles. The Morgan fingerprint density at radius 3 is 2.32 bits per heavy atom. The number of rotatable bonds is 7. The maximum atomic E-state index is 4.06. The van der Waals surface area contributed by atoms with Gasteiger partial charge in [0, 0.05) is 23.0 Å². The summed E-state index contributed by atoms with van der Waals surface area (Å²) in [6, 6.07) is 33.7. The molecule has 0 bridgehead atoms. The van der Waals surface area contributed by atoms with Crippen molar-refractivity contribution >= 4 is 29.5 Å². The fourth-order valence-corrected chi connectivity index (χ4v) is 5.91. The lowest BCUT2D eigenvalue weighted by Gasteiger charge is -2.28. The van der Waals surface area contributed by atoms with Crippen molar-refractivity contribution in [2.75, 3.05) is 10.2 Å². The van der Waals surface area contributed by atoms with Crippen molar-refractivity contribution in [1.29, 1.82) is 0 Å². The minimum absolute atomic E-state index is 0.308. The average Bonchev–Trinajstić information content (AvgIpc) is 3.38. The van der Waals surface area contributed by atoms with Crippen molar-refractivity contribution in [1.82, 2.24) is 0 Å². The van der Waals surface area contributed by atoms with E-state index in [4.69, 9.17) is 0 Å². The highest BCUT2D eigenvalue weighted by molar-refractivity contribution is 5.82. The Balaban J connectivity index is 1.38. The Bertz CT molecular complexity index is 1440. The largest absolute Gasteiger partial charge is 0.378 e. The van der Waals surface area contributed by atoms with Crippen molar-refractivity contribution in [2.24, 2.45) is 4.99 Å². The number of fused-ring (bicyclic) bond motifs is 1. The van der Waals surface area contributed by atoms with E-state index < -0.39 is 0 Å². The molecule has 2 aliphatic rings. The van der Waals surface area contributed by atoms with E-state index >= 15 is 0 Å². The second-order valence-corrected chi connectivity index (χ2v) is 10.5. The first-order valence-corrected chi connectivity index (χ1v) is 13.7. The highest BCUT2D eigenvalue weighted by atomic mass is 15.1. The molecule has 3 nitrogen and oxygen atoms in total. The monoisotopic (exact) mass is 497 g/mol. The third kappa shape index (κ3) is 4.89. The van der Waals surface area contributed by atoms with Crippen molar-refractivity contribution in [3.8, 4) is 0 Å². The standard InChI is InChI=1S/C35H35N3/c1-25-21-30-22-33(29-11-7-4-8-12-29)37-34(30)23-35(25)38(31-17-13-26(14-18-31)24-36-2)32-19-15-28(16-20-32)27-9-5-3-6-10-27/h4-5,7-9,11-21,23,27,33,37H,2-3,6,10,22,24H2,1H3. The van der Waals surface area contributed by atoms with E-state index in [1.54, 1.807) is 0 Å². The molecule has 3 heteroatoms. The van der Waals surface area contributed by atoms with Gasteiger partial charge in [0.2, 0.25) is 0 Å². The molecule has 2 unspecified atom stereocenters. The molecule has 4 aromatic carbocycles. The molecule has 0 amide bonds. The van der Waals surface area contributed by atoms with Crippen LogP contribution in [-0.2, 0) is 13.0 Å². The molecule has 38 heavy (non-hydrogen) atoms. The molecule has 1 N–H and O–H groups in total. The number of nitrogens with zero attached hydrogens (tertiary/aromatic N) is 2. The Labute approximate surface area is 226 Å². The number of hydrogen-bond acceptors (Lipinski definition) is 3. The summed E-state index contributed by atoms with van der Waals surface area (Å²) in [5, 5.41) is 3.80. The van der Waals surface area contributed by atoms with E-state index in [1.807, 2.05) is 0 Å². The van der Waals surface area contributed by atoms with Crippen LogP contribution < -0.4 is 10.2 Å². The summed E-state index contributed by atoms with van der Waals surface area (Å²) in [6.45, 7) is 6.52. The van der Waals surface area contributed by atoms with Gasteiger partial charge in [-0.05, 0) is 97.5 Å². The van der Waals surface area contributed by atoms with E-state index in [1.165, 1.54) is 64.1 Å². The third-order valence-corrected chi connectivity index (χ3v) is 7.94. The first-order valence-electron chi connectivity index (χ1n) is 13.7. The zero-order chi connectivity index (χ0) is 25.9. The fraction of sp³-hybridized carbons (Fsp3) is 0.229. The molecule has 1 aliphatic carbocycles. The molecule has 0 aromatic heterocycles. The van der Waals surface area contributed by atoms with Gasteiger partial charge in [0.1, 0.15) is 0 Å². The van der Waals surface area contributed by atoms with Gasteiger partial charge in [-0.15, -0.1) is 0 Å². The Kier molecular flexibility index (Phi) is 6.83. The quantitative estimate of drug-likeness (QED) is 0.204. The predicted molar refractivity (Wildman–Crippen MR) is 161 cm³/mol. The number of aryl methyl sites for hydroxylation is 1. The van der Waals surface area contributed by atoms with Crippen LogP contribution in [0.2, 0.25) is 0 Å². The lowest BCUT2D eigenvalue weighted by molar-refractivity contribution is 0.654. The van der Waals surface area contributed by atoms with Gasteiger partial charge in [-0.3, -0.25) is 4.99 Å². The summed E-state index contributed by atoms with van der Waals surface area (Å²) in [5.74, 6) is 0.526. The van der Waals surface area contributed by atoms with Gasteiger partial charge in [0.15, 0.2) is 0 Å². The van der Waals surface area contributed by atoms with Crippen molar-refractivity contribution in [2.45, 2.75) is 51.1 Å². The van der Waals surface area contributed by atoms with Crippen LogP contribution in [0.1, 0.15) is 59.0 Å². The molecule has 1 aliphatic heterocycles. The highest BCUT2D eigenvalue weighted by Gasteiger charge is 2.25. The third-order valence-electron chi connectivity index (χ3n) is 7.94. The second kappa shape index (κ2) is 10.7. The second-order valence-electron chi connectivity index (χ2n) is 10.5. The first-order chi connectivity index (χ1) is 18.7. The molecule has 4 aromatic rings. The average molecular weight is 498 g/mol. The first kappa shape index (κ1) is 24.2. The summed E-state index contributed by atoms with van der Waals surface area (Å²) in [5.41, 5.74) is 11.3. The van der Waals surface area contributed by atoms with Gasteiger partial charge in [0.05, 0.1) is 18.3 Å². The molecule has 0 saturated carbocycles. The summed E-state index contributed by atoms with van der Waals surface area (Å²) >= 11 is 0. The molecule has 2 atom stereocenters. The number of nitrogens with one attached hydrogen (secondary N) is 1. The van der Waals surface area contributed by atoms with Crippen molar-refractivity contribution in [3.63, 3.8) is 0 Å². The molecular weight excluding hydrogens is 462 g/mol. The zero-order valence-corrected chi connectivity index (χ0v) is 22.1. The molecule has 6 rings (SSSR count). The van der Waals surface area contributed by atoms with Gasteiger partial charge in [-0.25, -0.2) is 0 Å². The number of allylic oxidation sites excluding steroid dienone is 2.